The van der Waals surface area contributed by atoms with Crippen LogP contribution in [0.2, 0.25) is 0 Å². The third kappa shape index (κ3) is 34.0. The lowest BCUT2D eigenvalue weighted by Crippen LogP contribution is -2.41. The van der Waals surface area contributed by atoms with Gasteiger partial charge in [-0.05, 0) is 84.1 Å². The lowest BCUT2D eigenvalue weighted by Gasteiger charge is -2.41. The Bertz CT molecular complexity index is 771. The predicted octanol–water partition coefficient (Wildman–Crippen LogP) is 17.1. The van der Waals surface area contributed by atoms with E-state index >= 15 is 0 Å². The standard InChI is InChI=1S/C51H105NO2/c1-13-15-17-19-21-23-25-27-29-31-33-35-37-39-47(40-38-36-34-32-30-28-26-24-22-20-18-16-14-2)52(11)46-49(5,6)45-48(3,4)41-42-51(9,10)54-44-43-50(7,8)53-12/h47H,13-46H2,1-12H3. The smallest absolute Gasteiger partial charge is 0.0644 e. The Kier molecular flexibility index (Phi) is 32.7. The molecule has 0 bridgehead atoms. The van der Waals surface area contributed by atoms with Crippen LogP contribution in [-0.4, -0.2) is 49.5 Å². The first-order valence-corrected chi connectivity index (χ1v) is 24.5. The molecule has 0 aliphatic heterocycles. The van der Waals surface area contributed by atoms with Gasteiger partial charge in [-0.1, -0.05) is 208 Å². The molecule has 0 aliphatic carbocycles. The summed E-state index contributed by atoms with van der Waals surface area (Å²) in [4.78, 5) is 2.79. The fraction of sp³-hybridized carbons (Fsp3) is 1.00. The van der Waals surface area contributed by atoms with Crippen LogP contribution in [0.4, 0.5) is 0 Å². The molecular formula is C51H105NO2. The van der Waals surface area contributed by atoms with Crippen molar-refractivity contribution in [2.24, 2.45) is 10.8 Å². The van der Waals surface area contributed by atoms with Crippen LogP contribution in [0, 0.1) is 10.8 Å². The molecule has 0 aromatic heterocycles. The van der Waals surface area contributed by atoms with Gasteiger partial charge in [0.25, 0.3) is 0 Å². The average Bonchev–Trinajstić information content (AvgIpc) is 3.09. The molecule has 0 atom stereocenters. The molecule has 3 heteroatoms. The van der Waals surface area contributed by atoms with E-state index in [1.165, 1.54) is 199 Å². The first-order valence-electron chi connectivity index (χ1n) is 24.5. The molecule has 0 saturated heterocycles. The van der Waals surface area contributed by atoms with Crippen LogP contribution in [0.1, 0.15) is 275 Å². The Morgan fingerprint density at radius 3 is 1.13 bits per heavy atom. The van der Waals surface area contributed by atoms with Crippen molar-refractivity contribution >= 4 is 0 Å². The van der Waals surface area contributed by atoms with Crippen molar-refractivity contribution in [1.82, 2.24) is 4.90 Å². The molecule has 54 heavy (non-hydrogen) atoms. The minimum Gasteiger partial charge on any atom is -0.379 e. The van der Waals surface area contributed by atoms with Crippen molar-refractivity contribution in [3.63, 3.8) is 0 Å². The monoisotopic (exact) mass is 764 g/mol. The third-order valence-corrected chi connectivity index (χ3v) is 12.7. The highest BCUT2D eigenvalue weighted by molar-refractivity contribution is 4.85. The van der Waals surface area contributed by atoms with E-state index in [-0.39, 0.29) is 22.0 Å². The van der Waals surface area contributed by atoms with Gasteiger partial charge in [0.2, 0.25) is 0 Å². The fourth-order valence-electron chi connectivity index (χ4n) is 9.01. The van der Waals surface area contributed by atoms with Gasteiger partial charge in [-0.25, -0.2) is 0 Å². The van der Waals surface area contributed by atoms with Gasteiger partial charge in [0.1, 0.15) is 0 Å². The van der Waals surface area contributed by atoms with Gasteiger partial charge in [-0.15, -0.1) is 0 Å². The zero-order chi connectivity index (χ0) is 40.6. The minimum absolute atomic E-state index is 0.102. The largest absolute Gasteiger partial charge is 0.379 e. The average molecular weight is 764 g/mol. The van der Waals surface area contributed by atoms with Crippen molar-refractivity contribution in [3.05, 3.63) is 0 Å². The number of nitrogens with zero attached hydrogens (tertiary/aromatic N) is 1. The molecule has 0 aromatic carbocycles. The van der Waals surface area contributed by atoms with Gasteiger partial charge in [0.15, 0.2) is 0 Å². The normalized spacial score (nSPS) is 13.2. The summed E-state index contributed by atoms with van der Waals surface area (Å²) in [5.41, 5.74) is 0.351. The summed E-state index contributed by atoms with van der Waals surface area (Å²) < 4.78 is 12.0. The van der Waals surface area contributed by atoms with Crippen molar-refractivity contribution in [1.29, 1.82) is 0 Å². The van der Waals surface area contributed by atoms with E-state index in [9.17, 15) is 0 Å². The topological polar surface area (TPSA) is 21.7 Å². The number of hydrogen-bond donors (Lipinski definition) is 0. The summed E-state index contributed by atoms with van der Waals surface area (Å²) >= 11 is 0. The van der Waals surface area contributed by atoms with Crippen LogP contribution in [0.3, 0.4) is 0 Å². The molecule has 326 valence electrons. The molecule has 0 spiro atoms. The lowest BCUT2D eigenvalue weighted by molar-refractivity contribution is -0.0660. The molecule has 0 aliphatic rings. The summed E-state index contributed by atoms with van der Waals surface area (Å²) in [6.07, 6.45) is 44.7. The Balaban J connectivity index is 4.80. The molecule has 0 saturated carbocycles. The van der Waals surface area contributed by atoms with E-state index in [0.29, 0.717) is 0 Å². The summed E-state index contributed by atoms with van der Waals surface area (Å²) in [5, 5.41) is 0. The van der Waals surface area contributed by atoms with Crippen LogP contribution in [0.25, 0.3) is 0 Å². The molecule has 0 radical (unpaired) electrons. The highest BCUT2D eigenvalue weighted by atomic mass is 16.5. The number of unbranched alkanes of at least 4 members (excludes halogenated alkanes) is 24. The van der Waals surface area contributed by atoms with E-state index in [1.807, 2.05) is 0 Å². The zero-order valence-corrected chi connectivity index (χ0v) is 39.9. The minimum atomic E-state index is -0.122. The van der Waals surface area contributed by atoms with Crippen molar-refractivity contribution in [3.8, 4) is 0 Å². The number of methoxy groups -OCH3 is 1. The fourth-order valence-corrected chi connectivity index (χ4v) is 9.01. The zero-order valence-electron chi connectivity index (χ0n) is 39.9. The van der Waals surface area contributed by atoms with Gasteiger partial charge in [0, 0.05) is 19.7 Å². The van der Waals surface area contributed by atoms with E-state index < -0.39 is 0 Å². The molecule has 0 heterocycles. The van der Waals surface area contributed by atoms with E-state index in [0.717, 1.165) is 25.5 Å². The highest BCUT2D eigenvalue weighted by Crippen LogP contribution is 2.40. The number of rotatable bonds is 41. The van der Waals surface area contributed by atoms with Gasteiger partial charge in [0.05, 0.1) is 17.8 Å². The summed E-state index contributed by atoms with van der Waals surface area (Å²) in [6.45, 7) is 25.5. The first kappa shape index (κ1) is 53.9. The summed E-state index contributed by atoms with van der Waals surface area (Å²) in [5.74, 6) is 0. The number of ether oxygens (including phenoxy) is 2. The van der Waals surface area contributed by atoms with E-state index in [4.69, 9.17) is 9.47 Å². The SMILES string of the molecule is CCCCCCCCCCCCCCCC(CCCCCCCCCCCCCCC)N(C)CC(C)(C)CC(C)(C)CCC(C)(C)OCCC(C)(C)OC. The first-order chi connectivity index (χ1) is 25.6. The lowest BCUT2D eigenvalue weighted by atomic mass is 9.71. The van der Waals surface area contributed by atoms with Gasteiger partial charge in [-0.3, -0.25) is 0 Å². The number of hydrogen-bond acceptors (Lipinski definition) is 3. The maximum atomic E-state index is 6.40. The quantitative estimate of drug-likeness (QED) is 0.0579. The second kappa shape index (κ2) is 32.8. The molecule has 0 fully saturated rings. The summed E-state index contributed by atoms with van der Waals surface area (Å²) in [6, 6.07) is 0.733. The maximum absolute atomic E-state index is 6.40. The predicted molar refractivity (Wildman–Crippen MR) is 244 cm³/mol. The van der Waals surface area contributed by atoms with Crippen molar-refractivity contribution < 1.29 is 9.47 Å². The summed E-state index contributed by atoms with van der Waals surface area (Å²) in [7, 11) is 4.26. The van der Waals surface area contributed by atoms with Gasteiger partial charge < -0.3 is 14.4 Å². The van der Waals surface area contributed by atoms with Crippen LogP contribution >= 0.6 is 0 Å². The Labute approximate surface area is 343 Å². The van der Waals surface area contributed by atoms with E-state index in [1.54, 1.807) is 7.11 Å². The molecule has 0 unspecified atom stereocenters. The van der Waals surface area contributed by atoms with Crippen molar-refractivity contribution in [2.45, 2.75) is 292 Å². The highest BCUT2D eigenvalue weighted by Gasteiger charge is 2.33. The second-order valence-corrected chi connectivity index (χ2v) is 21.0. The van der Waals surface area contributed by atoms with Crippen molar-refractivity contribution in [2.75, 3.05) is 27.3 Å². The third-order valence-electron chi connectivity index (χ3n) is 12.7. The molecule has 0 aromatic rings. The second-order valence-electron chi connectivity index (χ2n) is 21.0. The van der Waals surface area contributed by atoms with Crippen LogP contribution in [0.5, 0.6) is 0 Å². The Morgan fingerprint density at radius 2 is 0.778 bits per heavy atom. The van der Waals surface area contributed by atoms with Gasteiger partial charge >= 0.3 is 0 Å². The molecule has 0 amide bonds. The molecule has 3 nitrogen and oxygen atoms in total. The molecule has 0 N–H and O–H groups in total. The molecular weight excluding hydrogens is 659 g/mol. The van der Waals surface area contributed by atoms with E-state index in [2.05, 4.69) is 81.2 Å². The van der Waals surface area contributed by atoms with Crippen LogP contribution in [0.15, 0.2) is 0 Å². The maximum Gasteiger partial charge on any atom is 0.0644 e. The Hall–Kier alpha value is -0.120. The van der Waals surface area contributed by atoms with Gasteiger partial charge in [-0.2, -0.15) is 0 Å². The Morgan fingerprint density at radius 1 is 0.426 bits per heavy atom. The molecule has 0 rings (SSSR count). The van der Waals surface area contributed by atoms with Crippen LogP contribution in [-0.2, 0) is 9.47 Å². The van der Waals surface area contributed by atoms with Crippen LogP contribution < -0.4 is 0 Å².